The minimum absolute atomic E-state index is 0.0483. The molecule has 5 nitrogen and oxygen atoms in total. The molecule has 6 heteroatoms. The lowest BCUT2D eigenvalue weighted by Gasteiger charge is -2.12. The number of carbonyl (C=O) groups excluding carboxylic acids is 2. The van der Waals surface area contributed by atoms with E-state index in [9.17, 15) is 14.0 Å². The van der Waals surface area contributed by atoms with Crippen molar-refractivity contribution in [1.29, 1.82) is 0 Å². The molecule has 1 heterocycles. The molecule has 1 fully saturated rings. The smallest absolute Gasteiger partial charge is 0.329 e. The number of imide groups is 1. The fourth-order valence-corrected chi connectivity index (χ4v) is 3.25. The predicted octanol–water partition coefficient (Wildman–Crippen LogP) is 4.81. The number of halogens is 1. The van der Waals surface area contributed by atoms with E-state index in [4.69, 9.17) is 4.74 Å². The van der Waals surface area contributed by atoms with E-state index in [1.807, 2.05) is 31.2 Å². The van der Waals surface area contributed by atoms with Crippen LogP contribution in [0, 0.1) is 12.7 Å². The summed E-state index contributed by atoms with van der Waals surface area (Å²) in [5, 5.41) is 2.63. The molecule has 3 amide bonds. The number of hydrogen-bond acceptors (Lipinski definition) is 3. The van der Waals surface area contributed by atoms with Gasteiger partial charge >= 0.3 is 6.03 Å². The number of para-hydroxylation sites is 1. The van der Waals surface area contributed by atoms with E-state index >= 15 is 0 Å². The molecule has 0 spiro atoms. The summed E-state index contributed by atoms with van der Waals surface area (Å²) in [6, 6.07) is 20.7. The van der Waals surface area contributed by atoms with Gasteiger partial charge in [-0.25, -0.2) is 9.18 Å². The maximum atomic E-state index is 13.9. The van der Waals surface area contributed by atoms with Crippen LogP contribution in [-0.4, -0.2) is 16.8 Å². The number of nitrogens with one attached hydrogen (secondary N) is 1. The quantitative estimate of drug-likeness (QED) is 0.464. The van der Waals surface area contributed by atoms with E-state index in [0.717, 1.165) is 11.1 Å². The van der Waals surface area contributed by atoms with E-state index < -0.39 is 11.9 Å². The van der Waals surface area contributed by atoms with Crippen LogP contribution in [0.2, 0.25) is 0 Å². The SMILES string of the molecule is Cc1ccc(CN2C(=O)N/C(=C/c3ccccc3OCc3ccccc3F)C2=O)cc1. The summed E-state index contributed by atoms with van der Waals surface area (Å²) in [5.41, 5.74) is 3.18. The Hall–Kier alpha value is -3.93. The molecular weight excluding hydrogens is 395 g/mol. The minimum atomic E-state index is -0.471. The lowest BCUT2D eigenvalue weighted by atomic mass is 10.1. The molecule has 3 aromatic carbocycles. The number of urea groups is 1. The summed E-state index contributed by atoms with van der Waals surface area (Å²) < 4.78 is 19.7. The van der Waals surface area contributed by atoms with Crippen molar-refractivity contribution in [3.8, 4) is 5.75 Å². The third-order valence-corrected chi connectivity index (χ3v) is 4.98. The summed E-state index contributed by atoms with van der Waals surface area (Å²) in [7, 11) is 0. The minimum Gasteiger partial charge on any atom is -0.488 e. The fraction of sp³-hybridized carbons (Fsp3) is 0.120. The van der Waals surface area contributed by atoms with Gasteiger partial charge in [0, 0.05) is 11.1 Å². The number of carbonyl (C=O) groups is 2. The zero-order valence-corrected chi connectivity index (χ0v) is 17.0. The normalized spacial score (nSPS) is 14.8. The first-order valence-electron chi connectivity index (χ1n) is 9.86. The predicted molar refractivity (Wildman–Crippen MR) is 115 cm³/mol. The van der Waals surface area contributed by atoms with Crippen molar-refractivity contribution in [2.75, 3.05) is 0 Å². The summed E-state index contributed by atoms with van der Waals surface area (Å²) in [4.78, 5) is 26.3. The average molecular weight is 416 g/mol. The number of aryl methyl sites for hydroxylation is 1. The highest BCUT2D eigenvalue weighted by Crippen LogP contribution is 2.24. The third-order valence-electron chi connectivity index (χ3n) is 4.98. The van der Waals surface area contributed by atoms with Crippen molar-refractivity contribution in [3.05, 3.63) is 107 Å². The Labute approximate surface area is 179 Å². The van der Waals surface area contributed by atoms with Crippen molar-refractivity contribution in [2.24, 2.45) is 0 Å². The molecule has 3 aromatic rings. The first-order chi connectivity index (χ1) is 15.0. The Morgan fingerprint density at radius 1 is 0.968 bits per heavy atom. The van der Waals surface area contributed by atoms with Crippen molar-refractivity contribution in [2.45, 2.75) is 20.1 Å². The lowest BCUT2D eigenvalue weighted by Crippen LogP contribution is -2.30. The van der Waals surface area contributed by atoms with Gasteiger partial charge in [-0.3, -0.25) is 9.69 Å². The Bertz CT molecular complexity index is 1160. The molecule has 0 atom stereocenters. The Balaban J connectivity index is 1.52. The first kappa shape index (κ1) is 20.3. The van der Waals surface area contributed by atoms with Gasteiger partial charge in [-0.1, -0.05) is 66.2 Å². The molecule has 1 N–H and O–H groups in total. The number of rotatable bonds is 6. The highest BCUT2D eigenvalue weighted by molar-refractivity contribution is 6.14. The second-order valence-corrected chi connectivity index (χ2v) is 7.28. The third kappa shape index (κ3) is 4.64. The molecule has 4 rings (SSSR count). The summed E-state index contributed by atoms with van der Waals surface area (Å²) in [5.74, 6) is -0.268. The van der Waals surface area contributed by atoms with Crippen LogP contribution >= 0.6 is 0 Å². The number of benzene rings is 3. The van der Waals surface area contributed by atoms with Crippen molar-refractivity contribution < 1.29 is 18.7 Å². The lowest BCUT2D eigenvalue weighted by molar-refractivity contribution is -0.123. The van der Waals surface area contributed by atoms with Gasteiger partial charge in [0.1, 0.15) is 23.9 Å². The van der Waals surface area contributed by atoms with Gasteiger partial charge in [0.05, 0.1) is 6.54 Å². The average Bonchev–Trinajstić information content (AvgIpc) is 3.03. The standard InChI is InChI=1S/C25H21FN2O3/c1-17-10-12-18(13-11-17)15-28-24(29)22(27-25(28)30)14-19-6-3-5-9-23(19)31-16-20-7-2-4-8-21(20)26/h2-14H,15-16H2,1H3,(H,27,30)/b22-14+. The van der Waals surface area contributed by atoms with Gasteiger partial charge in [-0.15, -0.1) is 0 Å². The summed E-state index contributed by atoms with van der Waals surface area (Å²) >= 11 is 0. The molecule has 156 valence electrons. The van der Waals surface area contributed by atoms with Crippen LogP contribution in [0.3, 0.4) is 0 Å². The van der Waals surface area contributed by atoms with Gasteiger partial charge in [0.15, 0.2) is 0 Å². The molecule has 0 saturated carbocycles. The van der Waals surface area contributed by atoms with Gasteiger partial charge in [0.2, 0.25) is 0 Å². The molecule has 1 aliphatic rings. The topological polar surface area (TPSA) is 58.6 Å². The second-order valence-electron chi connectivity index (χ2n) is 7.28. The van der Waals surface area contributed by atoms with Gasteiger partial charge in [-0.05, 0) is 30.7 Å². The van der Waals surface area contributed by atoms with Crippen LogP contribution in [-0.2, 0) is 17.9 Å². The van der Waals surface area contributed by atoms with Crippen LogP contribution < -0.4 is 10.1 Å². The zero-order valence-electron chi connectivity index (χ0n) is 17.0. The second kappa shape index (κ2) is 8.83. The van der Waals surface area contributed by atoms with Gasteiger partial charge < -0.3 is 10.1 Å². The zero-order chi connectivity index (χ0) is 21.8. The molecule has 0 radical (unpaired) electrons. The Morgan fingerprint density at radius 3 is 2.45 bits per heavy atom. The summed E-state index contributed by atoms with van der Waals surface area (Å²) in [6.07, 6.45) is 1.58. The molecule has 31 heavy (non-hydrogen) atoms. The van der Waals surface area contributed by atoms with Crippen molar-refractivity contribution in [1.82, 2.24) is 10.2 Å². The number of ether oxygens (including phenoxy) is 1. The highest BCUT2D eigenvalue weighted by atomic mass is 19.1. The van der Waals surface area contributed by atoms with Crippen molar-refractivity contribution >= 4 is 18.0 Å². The monoisotopic (exact) mass is 416 g/mol. The van der Waals surface area contributed by atoms with E-state index in [2.05, 4.69) is 5.32 Å². The van der Waals surface area contributed by atoms with E-state index in [-0.39, 0.29) is 24.7 Å². The molecule has 0 bridgehead atoms. The van der Waals surface area contributed by atoms with Crippen LogP contribution in [0.4, 0.5) is 9.18 Å². The molecule has 0 unspecified atom stereocenters. The van der Waals surface area contributed by atoms with Crippen LogP contribution in [0.5, 0.6) is 5.75 Å². The molecular formula is C25H21FN2O3. The number of amides is 3. The van der Waals surface area contributed by atoms with E-state index in [1.54, 1.807) is 48.5 Å². The fourth-order valence-electron chi connectivity index (χ4n) is 3.25. The maximum Gasteiger partial charge on any atom is 0.329 e. The number of nitrogens with zero attached hydrogens (tertiary/aromatic N) is 1. The van der Waals surface area contributed by atoms with E-state index in [1.165, 1.54) is 11.0 Å². The van der Waals surface area contributed by atoms with Crippen LogP contribution in [0.15, 0.2) is 78.5 Å². The molecule has 1 aliphatic heterocycles. The molecule has 0 aromatic heterocycles. The Kier molecular flexibility index (Phi) is 5.80. The largest absolute Gasteiger partial charge is 0.488 e. The number of hydrogen-bond donors (Lipinski definition) is 1. The summed E-state index contributed by atoms with van der Waals surface area (Å²) in [6.45, 7) is 2.21. The Morgan fingerprint density at radius 2 is 1.68 bits per heavy atom. The van der Waals surface area contributed by atoms with Gasteiger partial charge in [0.25, 0.3) is 5.91 Å². The first-order valence-corrected chi connectivity index (χ1v) is 9.86. The van der Waals surface area contributed by atoms with Crippen molar-refractivity contribution in [3.63, 3.8) is 0 Å². The van der Waals surface area contributed by atoms with Crippen LogP contribution in [0.25, 0.3) is 6.08 Å². The van der Waals surface area contributed by atoms with Crippen LogP contribution in [0.1, 0.15) is 22.3 Å². The highest BCUT2D eigenvalue weighted by Gasteiger charge is 2.33. The molecule has 1 saturated heterocycles. The molecule has 0 aliphatic carbocycles. The van der Waals surface area contributed by atoms with Gasteiger partial charge in [-0.2, -0.15) is 0 Å². The van der Waals surface area contributed by atoms with E-state index in [0.29, 0.717) is 16.9 Å². The maximum absolute atomic E-state index is 13.9.